The van der Waals surface area contributed by atoms with Gasteiger partial charge in [0.05, 0.1) is 11.5 Å². The zero-order chi connectivity index (χ0) is 13.5. The third kappa shape index (κ3) is 3.97. The Morgan fingerprint density at radius 3 is 2.89 bits per heavy atom. The van der Waals surface area contributed by atoms with E-state index in [-0.39, 0.29) is 35.7 Å². The molecule has 0 aromatic heterocycles. The van der Waals surface area contributed by atoms with Gasteiger partial charge < -0.3 is 15.2 Å². The van der Waals surface area contributed by atoms with E-state index in [0.717, 1.165) is 0 Å². The zero-order valence-electron chi connectivity index (χ0n) is 9.26. The van der Waals surface area contributed by atoms with Gasteiger partial charge in [-0.1, -0.05) is 6.07 Å². The largest absolute Gasteiger partial charge is 0.482 e. The minimum Gasteiger partial charge on any atom is -0.482 e. The molecule has 0 bridgehead atoms. The van der Waals surface area contributed by atoms with Crippen LogP contribution < -0.4 is 10.1 Å². The smallest absolute Gasteiger partial charge is 0.287 e. The molecule has 0 radical (unpaired) electrons. The molecule has 0 fully saturated rings. The van der Waals surface area contributed by atoms with Crippen LogP contribution in [0.2, 0.25) is 0 Å². The predicted molar refractivity (Wildman–Crippen MR) is 66.4 cm³/mol. The molecule has 1 aromatic rings. The van der Waals surface area contributed by atoms with Gasteiger partial charge in [0.1, 0.15) is 10.2 Å². The summed E-state index contributed by atoms with van der Waals surface area (Å²) in [5.74, 6) is -0.203. The summed E-state index contributed by atoms with van der Waals surface area (Å²) in [5.41, 5.74) is -0.136. The third-order valence-corrected chi connectivity index (χ3v) is 2.73. The second-order valence-corrected chi connectivity index (χ2v) is 4.00. The third-order valence-electron chi connectivity index (χ3n) is 1.93. The molecular formula is C10H11BrN2O5. The van der Waals surface area contributed by atoms with Crippen molar-refractivity contribution in [1.82, 2.24) is 5.32 Å². The SMILES string of the molecule is O=C(COc1cccc([N+](=O)[O-])c1Br)NCCO. The highest BCUT2D eigenvalue weighted by molar-refractivity contribution is 9.10. The van der Waals surface area contributed by atoms with Crippen molar-refractivity contribution >= 4 is 27.5 Å². The van der Waals surface area contributed by atoms with E-state index < -0.39 is 10.8 Å². The van der Waals surface area contributed by atoms with Gasteiger partial charge in [0.2, 0.25) is 0 Å². The first-order chi connectivity index (χ1) is 8.56. The molecule has 0 spiro atoms. The summed E-state index contributed by atoms with van der Waals surface area (Å²) in [6.45, 7) is -0.301. The number of amides is 1. The fraction of sp³-hybridized carbons (Fsp3) is 0.300. The zero-order valence-corrected chi connectivity index (χ0v) is 10.8. The normalized spacial score (nSPS) is 9.89. The van der Waals surface area contributed by atoms with Crippen molar-refractivity contribution in [3.05, 3.63) is 32.8 Å². The lowest BCUT2D eigenvalue weighted by Gasteiger charge is -2.08. The molecule has 0 aliphatic rings. The molecule has 1 amide bonds. The van der Waals surface area contributed by atoms with Crippen LogP contribution in [0.5, 0.6) is 5.75 Å². The first kappa shape index (κ1) is 14.4. The number of hydrogen-bond acceptors (Lipinski definition) is 5. The molecule has 7 nitrogen and oxygen atoms in total. The highest BCUT2D eigenvalue weighted by atomic mass is 79.9. The van der Waals surface area contributed by atoms with E-state index in [9.17, 15) is 14.9 Å². The first-order valence-electron chi connectivity index (χ1n) is 4.99. The number of nitrogens with one attached hydrogen (secondary N) is 1. The molecule has 0 saturated heterocycles. The van der Waals surface area contributed by atoms with Crippen LogP contribution in [-0.2, 0) is 4.79 Å². The van der Waals surface area contributed by atoms with Gasteiger partial charge in [0.25, 0.3) is 11.6 Å². The number of rotatable bonds is 6. The van der Waals surface area contributed by atoms with E-state index in [1.54, 1.807) is 0 Å². The molecule has 0 unspecified atom stereocenters. The van der Waals surface area contributed by atoms with E-state index in [0.29, 0.717) is 0 Å². The number of benzene rings is 1. The van der Waals surface area contributed by atoms with E-state index >= 15 is 0 Å². The molecule has 2 N–H and O–H groups in total. The lowest BCUT2D eigenvalue weighted by Crippen LogP contribution is -2.31. The summed E-state index contributed by atoms with van der Waals surface area (Å²) >= 11 is 3.05. The summed E-state index contributed by atoms with van der Waals surface area (Å²) in [5, 5.41) is 21.6. The van der Waals surface area contributed by atoms with Crippen molar-refractivity contribution in [2.45, 2.75) is 0 Å². The quantitative estimate of drug-likeness (QED) is 0.598. The molecule has 0 atom stereocenters. The summed E-state index contributed by atoms with van der Waals surface area (Å²) < 4.78 is 5.33. The number of aliphatic hydroxyl groups excluding tert-OH is 1. The molecule has 0 saturated carbocycles. The highest BCUT2D eigenvalue weighted by Crippen LogP contribution is 2.33. The van der Waals surface area contributed by atoms with Crippen LogP contribution in [-0.4, -0.2) is 35.7 Å². The van der Waals surface area contributed by atoms with Crippen LogP contribution in [0.4, 0.5) is 5.69 Å². The van der Waals surface area contributed by atoms with E-state index in [4.69, 9.17) is 9.84 Å². The van der Waals surface area contributed by atoms with Crippen LogP contribution >= 0.6 is 15.9 Å². The number of carbonyl (C=O) groups is 1. The average molecular weight is 319 g/mol. The van der Waals surface area contributed by atoms with Gasteiger partial charge in [-0.25, -0.2) is 0 Å². The fourth-order valence-corrected chi connectivity index (χ4v) is 1.66. The molecule has 98 valence electrons. The van der Waals surface area contributed by atoms with Crippen molar-refractivity contribution in [1.29, 1.82) is 0 Å². The summed E-state index contributed by atoms with van der Waals surface area (Å²) in [6.07, 6.45) is 0. The van der Waals surface area contributed by atoms with E-state index in [2.05, 4.69) is 21.2 Å². The maximum atomic E-state index is 11.2. The fourth-order valence-electron chi connectivity index (χ4n) is 1.14. The second-order valence-electron chi connectivity index (χ2n) is 3.21. The number of carbonyl (C=O) groups excluding carboxylic acids is 1. The topological polar surface area (TPSA) is 102 Å². The highest BCUT2D eigenvalue weighted by Gasteiger charge is 2.16. The number of halogens is 1. The van der Waals surface area contributed by atoms with Crippen molar-refractivity contribution in [2.24, 2.45) is 0 Å². The van der Waals surface area contributed by atoms with Gasteiger partial charge in [-0.15, -0.1) is 0 Å². The number of nitro groups is 1. The van der Waals surface area contributed by atoms with Crippen molar-refractivity contribution in [2.75, 3.05) is 19.8 Å². The Kier molecular flexibility index (Phi) is 5.53. The van der Waals surface area contributed by atoms with Crippen LogP contribution in [0.25, 0.3) is 0 Å². The van der Waals surface area contributed by atoms with Crippen LogP contribution in [0.3, 0.4) is 0 Å². The Balaban J connectivity index is 2.65. The van der Waals surface area contributed by atoms with Gasteiger partial charge in [-0.3, -0.25) is 14.9 Å². The van der Waals surface area contributed by atoms with Gasteiger partial charge in [0.15, 0.2) is 6.61 Å². The Bertz CT molecular complexity index is 452. The molecule has 0 heterocycles. The molecule has 0 aliphatic heterocycles. The summed E-state index contributed by atoms with van der Waals surface area (Å²) in [4.78, 5) is 21.3. The standard InChI is InChI=1S/C10H11BrN2O5/c11-10-7(13(16)17)2-1-3-8(10)18-6-9(15)12-4-5-14/h1-3,14H,4-6H2,(H,12,15). The number of nitrogens with zero attached hydrogens (tertiary/aromatic N) is 1. The molecule has 8 heteroatoms. The molecule has 1 aromatic carbocycles. The predicted octanol–water partition coefficient (Wildman–Crippen LogP) is 0.845. The van der Waals surface area contributed by atoms with Crippen LogP contribution in [0.1, 0.15) is 0 Å². The Hall–Kier alpha value is -1.67. The van der Waals surface area contributed by atoms with Gasteiger partial charge >= 0.3 is 0 Å². The lowest BCUT2D eigenvalue weighted by molar-refractivity contribution is -0.385. The Labute approximate surface area is 111 Å². The first-order valence-corrected chi connectivity index (χ1v) is 5.79. The molecule has 18 heavy (non-hydrogen) atoms. The van der Waals surface area contributed by atoms with Crippen molar-refractivity contribution in [3.63, 3.8) is 0 Å². The maximum Gasteiger partial charge on any atom is 0.287 e. The Morgan fingerprint density at radius 1 is 1.56 bits per heavy atom. The maximum absolute atomic E-state index is 11.2. The second kappa shape index (κ2) is 6.92. The van der Waals surface area contributed by atoms with Gasteiger partial charge in [-0.2, -0.15) is 0 Å². The summed E-state index contributed by atoms with van der Waals surface area (Å²) in [7, 11) is 0. The molecule has 1 rings (SSSR count). The summed E-state index contributed by atoms with van der Waals surface area (Å²) in [6, 6.07) is 4.29. The van der Waals surface area contributed by atoms with Crippen LogP contribution in [0, 0.1) is 10.1 Å². The number of hydrogen-bond donors (Lipinski definition) is 2. The lowest BCUT2D eigenvalue weighted by atomic mass is 10.3. The average Bonchev–Trinajstić information content (AvgIpc) is 2.34. The molecule has 0 aliphatic carbocycles. The van der Waals surface area contributed by atoms with E-state index in [1.165, 1.54) is 18.2 Å². The number of aliphatic hydroxyl groups is 1. The van der Waals surface area contributed by atoms with E-state index in [1.807, 2.05) is 0 Å². The monoisotopic (exact) mass is 318 g/mol. The number of ether oxygens (including phenoxy) is 1. The van der Waals surface area contributed by atoms with Crippen LogP contribution in [0.15, 0.2) is 22.7 Å². The van der Waals surface area contributed by atoms with Gasteiger partial charge in [-0.05, 0) is 22.0 Å². The molecular weight excluding hydrogens is 308 g/mol. The van der Waals surface area contributed by atoms with Crippen molar-refractivity contribution < 1.29 is 19.6 Å². The van der Waals surface area contributed by atoms with Crippen molar-refractivity contribution in [3.8, 4) is 5.75 Å². The minimum absolute atomic E-state index is 0.136. The Morgan fingerprint density at radius 2 is 2.28 bits per heavy atom. The minimum atomic E-state index is -0.553. The van der Waals surface area contributed by atoms with Gasteiger partial charge in [0, 0.05) is 12.6 Å². The number of nitro benzene ring substituents is 1.